The predicted octanol–water partition coefficient (Wildman–Crippen LogP) is 2.29. The van der Waals surface area contributed by atoms with Crippen molar-refractivity contribution in [3.63, 3.8) is 0 Å². The Morgan fingerprint density at radius 3 is 2.39 bits per heavy atom. The summed E-state index contributed by atoms with van der Waals surface area (Å²) in [5.41, 5.74) is 3.29. The van der Waals surface area contributed by atoms with Gasteiger partial charge < -0.3 is 5.32 Å². The molecule has 0 unspecified atom stereocenters. The molecule has 0 amide bonds. The van der Waals surface area contributed by atoms with Crippen LogP contribution in [0, 0.1) is 0 Å². The van der Waals surface area contributed by atoms with Crippen LogP contribution < -0.4 is 5.32 Å². The fraction of sp³-hybridized carbons (Fsp3) is 0.429. The largest absolute Gasteiger partial charge is 0.308 e. The SMILES string of the molecule is O=S1(=O)C[C@H](NCc2ccccc2)[C@@H](S(=O)(=O)c2ccc3c(c2)CCCC3)C1. The average Bonchev–Trinajstić information content (AvgIpc) is 3.02. The van der Waals surface area contributed by atoms with Crippen molar-refractivity contribution in [1.82, 2.24) is 5.32 Å². The summed E-state index contributed by atoms with van der Waals surface area (Å²) in [6.45, 7) is 0.442. The Labute approximate surface area is 167 Å². The molecule has 2 aliphatic rings. The number of rotatable bonds is 5. The number of benzene rings is 2. The molecule has 1 aliphatic carbocycles. The van der Waals surface area contributed by atoms with E-state index in [0.29, 0.717) is 6.54 Å². The molecule has 0 radical (unpaired) electrons. The normalized spacial score (nSPS) is 24.0. The summed E-state index contributed by atoms with van der Waals surface area (Å²) < 4.78 is 51.2. The highest BCUT2D eigenvalue weighted by molar-refractivity contribution is 7.96. The first kappa shape index (κ1) is 19.6. The van der Waals surface area contributed by atoms with E-state index in [1.165, 1.54) is 5.56 Å². The molecule has 1 fully saturated rings. The van der Waals surface area contributed by atoms with E-state index in [4.69, 9.17) is 0 Å². The van der Waals surface area contributed by atoms with Gasteiger partial charge in [-0.2, -0.15) is 0 Å². The van der Waals surface area contributed by atoms with Crippen molar-refractivity contribution in [1.29, 1.82) is 0 Å². The van der Waals surface area contributed by atoms with Crippen LogP contribution in [0.1, 0.15) is 29.5 Å². The number of hydrogen-bond donors (Lipinski definition) is 1. The van der Waals surface area contributed by atoms with Crippen molar-refractivity contribution in [2.75, 3.05) is 11.5 Å². The monoisotopic (exact) mass is 419 g/mol. The molecule has 1 saturated heterocycles. The van der Waals surface area contributed by atoms with Crippen LogP contribution in [0.25, 0.3) is 0 Å². The van der Waals surface area contributed by atoms with Gasteiger partial charge in [0.2, 0.25) is 0 Å². The second kappa shape index (κ2) is 7.61. The van der Waals surface area contributed by atoms with Crippen molar-refractivity contribution < 1.29 is 16.8 Å². The molecule has 0 spiro atoms. The zero-order valence-corrected chi connectivity index (χ0v) is 17.3. The fourth-order valence-corrected chi connectivity index (χ4v) is 8.98. The Kier molecular flexibility index (Phi) is 5.33. The highest BCUT2D eigenvalue weighted by atomic mass is 32.2. The Morgan fingerprint density at radius 2 is 1.64 bits per heavy atom. The maximum atomic E-state index is 13.3. The van der Waals surface area contributed by atoms with E-state index < -0.39 is 31.0 Å². The molecule has 1 aliphatic heterocycles. The van der Waals surface area contributed by atoms with Crippen LogP contribution in [0.4, 0.5) is 0 Å². The predicted molar refractivity (Wildman–Crippen MR) is 110 cm³/mol. The van der Waals surface area contributed by atoms with Gasteiger partial charge in [0.1, 0.15) is 0 Å². The van der Waals surface area contributed by atoms with Crippen LogP contribution >= 0.6 is 0 Å². The summed E-state index contributed by atoms with van der Waals surface area (Å²) in [4.78, 5) is 0.252. The lowest BCUT2D eigenvalue weighted by atomic mass is 9.92. The van der Waals surface area contributed by atoms with Gasteiger partial charge in [0.15, 0.2) is 19.7 Å². The molecule has 2 aromatic carbocycles. The lowest BCUT2D eigenvalue weighted by molar-refractivity contribution is 0.526. The zero-order chi connectivity index (χ0) is 19.8. The Hall–Kier alpha value is -1.70. The summed E-state index contributed by atoms with van der Waals surface area (Å²) in [5, 5.41) is 2.23. The van der Waals surface area contributed by atoms with Gasteiger partial charge in [0.25, 0.3) is 0 Å². The van der Waals surface area contributed by atoms with E-state index in [1.807, 2.05) is 36.4 Å². The van der Waals surface area contributed by atoms with Gasteiger partial charge in [-0.3, -0.25) is 0 Å². The van der Waals surface area contributed by atoms with Crippen LogP contribution in [-0.2, 0) is 39.1 Å². The Bertz CT molecular complexity index is 1060. The van der Waals surface area contributed by atoms with Crippen LogP contribution in [0.2, 0.25) is 0 Å². The van der Waals surface area contributed by atoms with Gasteiger partial charge in [-0.05, 0) is 54.5 Å². The van der Waals surface area contributed by atoms with E-state index in [0.717, 1.165) is 36.8 Å². The van der Waals surface area contributed by atoms with Crippen LogP contribution in [0.3, 0.4) is 0 Å². The number of aryl methyl sites for hydroxylation is 2. The van der Waals surface area contributed by atoms with Crippen molar-refractivity contribution in [2.45, 2.75) is 48.4 Å². The first-order valence-corrected chi connectivity index (χ1v) is 13.1. The third-order valence-corrected chi connectivity index (χ3v) is 9.91. The molecule has 4 rings (SSSR count). The molecule has 150 valence electrons. The van der Waals surface area contributed by atoms with E-state index in [9.17, 15) is 16.8 Å². The second-order valence-electron chi connectivity index (χ2n) is 7.77. The first-order valence-electron chi connectivity index (χ1n) is 9.69. The van der Waals surface area contributed by atoms with Gasteiger partial charge in [0, 0.05) is 12.6 Å². The Morgan fingerprint density at radius 1 is 0.929 bits per heavy atom. The number of hydrogen-bond acceptors (Lipinski definition) is 5. The van der Waals surface area contributed by atoms with E-state index in [1.54, 1.807) is 12.1 Å². The molecule has 5 nitrogen and oxygen atoms in total. The first-order chi connectivity index (χ1) is 13.4. The molecule has 0 bridgehead atoms. The van der Waals surface area contributed by atoms with Crippen LogP contribution in [0.5, 0.6) is 0 Å². The lowest BCUT2D eigenvalue weighted by Gasteiger charge is -2.22. The third kappa shape index (κ3) is 4.02. The van der Waals surface area contributed by atoms with Crippen molar-refractivity contribution in [3.8, 4) is 0 Å². The summed E-state index contributed by atoms with van der Waals surface area (Å²) in [6, 6.07) is 14.3. The molecular weight excluding hydrogens is 394 g/mol. The minimum Gasteiger partial charge on any atom is -0.308 e. The van der Waals surface area contributed by atoms with Gasteiger partial charge >= 0.3 is 0 Å². The number of fused-ring (bicyclic) bond motifs is 1. The molecule has 2 atom stereocenters. The zero-order valence-electron chi connectivity index (χ0n) is 15.7. The number of sulfone groups is 2. The third-order valence-electron chi connectivity index (χ3n) is 5.76. The van der Waals surface area contributed by atoms with Crippen molar-refractivity contribution in [3.05, 3.63) is 65.2 Å². The molecular formula is C21H25NO4S2. The van der Waals surface area contributed by atoms with Gasteiger partial charge in [0.05, 0.1) is 21.7 Å². The summed E-state index contributed by atoms with van der Waals surface area (Å²) in [7, 11) is -7.14. The van der Waals surface area contributed by atoms with E-state index >= 15 is 0 Å². The molecule has 2 aromatic rings. The van der Waals surface area contributed by atoms with E-state index in [2.05, 4.69) is 5.32 Å². The highest BCUT2D eigenvalue weighted by Gasteiger charge is 2.45. The van der Waals surface area contributed by atoms with Gasteiger partial charge in [-0.15, -0.1) is 0 Å². The number of nitrogens with one attached hydrogen (secondary N) is 1. The van der Waals surface area contributed by atoms with Crippen LogP contribution in [-0.4, -0.2) is 39.6 Å². The van der Waals surface area contributed by atoms with Crippen LogP contribution in [0.15, 0.2) is 53.4 Å². The molecule has 1 N–H and O–H groups in total. The molecule has 28 heavy (non-hydrogen) atoms. The van der Waals surface area contributed by atoms with Crippen molar-refractivity contribution >= 4 is 19.7 Å². The second-order valence-corrected chi connectivity index (χ2v) is 12.1. The van der Waals surface area contributed by atoms with E-state index in [-0.39, 0.29) is 16.4 Å². The van der Waals surface area contributed by atoms with Crippen molar-refractivity contribution in [2.24, 2.45) is 0 Å². The summed E-state index contributed by atoms with van der Waals surface area (Å²) in [6.07, 6.45) is 4.06. The molecule has 0 saturated carbocycles. The summed E-state index contributed by atoms with van der Waals surface area (Å²) >= 11 is 0. The average molecular weight is 420 g/mol. The summed E-state index contributed by atoms with van der Waals surface area (Å²) in [5.74, 6) is -0.465. The smallest absolute Gasteiger partial charge is 0.183 e. The molecule has 0 aromatic heterocycles. The van der Waals surface area contributed by atoms with Gasteiger partial charge in [-0.1, -0.05) is 36.4 Å². The molecule has 1 heterocycles. The fourth-order valence-electron chi connectivity index (χ4n) is 4.22. The minimum atomic E-state index is -3.74. The lowest BCUT2D eigenvalue weighted by Crippen LogP contribution is -2.43. The van der Waals surface area contributed by atoms with Gasteiger partial charge in [-0.25, -0.2) is 16.8 Å². The topological polar surface area (TPSA) is 80.3 Å². The standard InChI is InChI=1S/C21H25NO4S2/c23-27(24)14-20(22-13-16-6-2-1-3-7-16)21(15-27)28(25,26)19-11-10-17-8-4-5-9-18(17)12-19/h1-3,6-7,10-12,20-22H,4-5,8-9,13-15H2/t20-,21-/m0/s1. The Balaban J connectivity index is 1.60. The molecule has 7 heteroatoms. The minimum absolute atomic E-state index is 0.144. The quantitative estimate of drug-likeness (QED) is 0.804. The highest BCUT2D eigenvalue weighted by Crippen LogP contribution is 2.30. The maximum Gasteiger partial charge on any atom is 0.183 e. The maximum absolute atomic E-state index is 13.3.